The normalized spacial score (nSPS) is 40.6. The van der Waals surface area contributed by atoms with Crippen molar-refractivity contribution in [2.24, 2.45) is 34.5 Å². The molecule has 1 aromatic carbocycles. The molecule has 0 unspecified atom stereocenters. The first-order valence-electron chi connectivity index (χ1n) is 13.3. The van der Waals surface area contributed by atoms with Crippen molar-refractivity contribution in [2.45, 2.75) is 63.2 Å². The monoisotopic (exact) mass is 518 g/mol. The van der Waals surface area contributed by atoms with Gasteiger partial charge in [0.1, 0.15) is 10.6 Å². The Morgan fingerprint density at radius 1 is 1.22 bits per heavy atom. The number of ketones is 2. The number of rotatable bonds is 4. The van der Waals surface area contributed by atoms with E-state index in [-0.39, 0.29) is 46.4 Å². The number of aromatic nitrogens is 2. The van der Waals surface area contributed by atoms with E-state index in [1.54, 1.807) is 18.3 Å². The SMILES string of the molecule is C[C@@H]1C[C@H]2[C@@H]3CCC4=CC(=O)C=C[C@]4(C)[C@H]3[C@@H](O)C[C@]2(C)[C@@]1(O)C(=O)CSc1cnc2ccccc2n1. The number of hydrogen-bond acceptors (Lipinski definition) is 7. The van der Waals surface area contributed by atoms with Crippen molar-refractivity contribution in [2.75, 3.05) is 5.75 Å². The van der Waals surface area contributed by atoms with Crippen LogP contribution in [0.4, 0.5) is 0 Å². The Hall–Kier alpha value is -2.35. The number of aliphatic hydroxyl groups excluding tert-OH is 1. The first-order valence-corrected chi connectivity index (χ1v) is 14.3. The van der Waals surface area contributed by atoms with Gasteiger partial charge in [0.2, 0.25) is 0 Å². The second-order valence-electron chi connectivity index (χ2n) is 12.0. The van der Waals surface area contributed by atoms with Gasteiger partial charge in [-0.05, 0) is 67.7 Å². The Kier molecular flexibility index (Phi) is 5.79. The molecule has 4 aliphatic carbocycles. The number of nitrogens with zero attached hydrogens (tertiary/aromatic N) is 2. The average Bonchev–Trinajstić information content (AvgIpc) is 3.08. The van der Waals surface area contributed by atoms with Crippen LogP contribution in [0.25, 0.3) is 11.0 Å². The van der Waals surface area contributed by atoms with Crippen LogP contribution in [0.3, 0.4) is 0 Å². The van der Waals surface area contributed by atoms with Gasteiger partial charge in [-0.25, -0.2) is 4.98 Å². The lowest BCUT2D eigenvalue weighted by atomic mass is 9.46. The molecule has 4 aliphatic rings. The van der Waals surface area contributed by atoms with E-state index in [1.165, 1.54) is 11.8 Å². The van der Waals surface area contributed by atoms with Gasteiger partial charge in [0.15, 0.2) is 11.6 Å². The van der Waals surface area contributed by atoms with Crippen LogP contribution < -0.4 is 0 Å². The summed E-state index contributed by atoms with van der Waals surface area (Å²) in [5, 5.41) is 24.5. The van der Waals surface area contributed by atoms with Crippen LogP contribution in [0.5, 0.6) is 0 Å². The highest BCUT2D eigenvalue weighted by Gasteiger charge is 2.70. The quantitative estimate of drug-likeness (QED) is 0.573. The minimum Gasteiger partial charge on any atom is -0.393 e. The zero-order valence-corrected chi connectivity index (χ0v) is 22.4. The van der Waals surface area contributed by atoms with Crippen LogP contribution in [0, 0.1) is 34.5 Å². The predicted molar refractivity (Wildman–Crippen MR) is 143 cm³/mol. The second kappa shape index (κ2) is 8.58. The summed E-state index contributed by atoms with van der Waals surface area (Å²) in [4.78, 5) is 34.9. The molecule has 3 saturated carbocycles. The fourth-order valence-electron chi connectivity index (χ4n) is 8.51. The highest BCUT2D eigenvalue weighted by Crippen LogP contribution is 2.68. The zero-order valence-electron chi connectivity index (χ0n) is 21.6. The van der Waals surface area contributed by atoms with Crippen molar-refractivity contribution in [1.29, 1.82) is 0 Å². The fourth-order valence-corrected chi connectivity index (χ4v) is 9.30. The summed E-state index contributed by atoms with van der Waals surface area (Å²) >= 11 is 1.31. The summed E-state index contributed by atoms with van der Waals surface area (Å²) in [7, 11) is 0. The fraction of sp³-hybridized carbons (Fsp3) is 0.533. The Morgan fingerprint density at radius 3 is 2.76 bits per heavy atom. The van der Waals surface area contributed by atoms with Crippen molar-refractivity contribution < 1.29 is 19.8 Å². The molecule has 6 rings (SSSR count). The molecule has 8 atom stereocenters. The van der Waals surface area contributed by atoms with E-state index < -0.39 is 17.1 Å². The lowest BCUT2D eigenvalue weighted by molar-refractivity contribution is -0.179. The van der Waals surface area contributed by atoms with Crippen LogP contribution in [0.1, 0.15) is 46.5 Å². The number of para-hydroxylation sites is 2. The maximum absolute atomic E-state index is 13.8. The summed E-state index contributed by atoms with van der Waals surface area (Å²) in [6.45, 7) is 6.15. The van der Waals surface area contributed by atoms with E-state index in [4.69, 9.17) is 0 Å². The van der Waals surface area contributed by atoms with Gasteiger partial charge in [-0.3, -0.25) is 14.6 Å². The van der Waals surface area contributed by atoms with Crippen LogP contribution in [0.2, 0.25) is 0 Å². The number of Topliss-reactive ketones (excluding diaryl/α,β-unsaturated/α-hetero) is 1. The van der Waals surface area contributed by atoms with Gasteiger partial charge in [-0.1, -0.05) is 56.3 Å². The minimum absolute atomic E-state index is 0.0177. The molecular weight excluding hydrogens is 484 g/mol. The zero-order chi connectivity index (χ0) is 26.2. The molecule has 1 heterocycles. The first-order chi connectivity index (χ1) is 17.6. The number of carbonyl (C=O) groups excluding carboxylic acids is 2. The van der Waals surface area contributed by atoms with Crippen molar-refractivity contribution in [1.82, 2.24) is 9.97 Å². The number of fused-ring (bicyclic) bond motifs is 6. The maximum atomic E-state index is 13.8. The van der Waals surface area contributed by atoms with Gasteiger partial charge in [-0.15, -0.1) is 0 Å². The Morgan fingerprint density at radius 2 is 1.97 bits per heavy atom. The van der Waals surface area contributed by atoms with Crippen molar-refractivity contribution in [3.63, 3.8) is 0 Å². The Balaban J connectivity index is 1.27. The Labute approximate surface area is 221 Å². The third-order valence-corrected chi connectivity index (χ3v) is 11.2. The smallest absolute Gasteiger partial charge is 0.178 e. The summed E-state index contributed by atoms with van der Waals surface area (Å²) < 4.78 is 0. The summed E-state index contributed by atoms with van der Waals surface area (Å²) in [6.07, 6.45) is 9.19. The van der Waals surface area contributed by atoms with Gasteiger partial charge in [0.05, 0.1) is 29.1 Å². The molecular formula is C30H34N2O4S. The summed E-state index contributed by atoms with van der Waals surface area (Å²) in [6, 6.07) is 7.62. The van der Waals surface area contributed by atoms with Crippen molar-refractivity contribution in [3.05, 3.63) is 54.3 Å². The summed E-state index contributed by atoms with van der Waals surface area (Å²) in [5.41, 5.74) is 0.0876. The van der Waals surface area contributed by atoms with E-state index in [0.29, 0.717) is 11.4 Å². The molecule has 37 heavy (non-hydrogen) atoms. The minimum atomic E-state index is -1.52. The van der Waals surface area contributed by atoms with Crippen molar-refractivity contribution >= 4 is 34.4 Å². The van der Waals surface area contributed by atoms with Gasteiger partial charge in [0, 0.05) is 16.7 Å². The molecule has 1 aromatic heterocycles. The van der Waals surface area contributed by atoms with Crippen LogP contribution in [-0.2, 0) is 9.59 Å². The third kappa shape index (κ3) is 3.53. The van der Waals surface area contributed by atoms with Gasteiger partial charge in [0.25, 0.3) is 0 Å². The molecule has 0 aliphatic heterocycles. The molecule has 0 bridgehead atoms. The highest BCUT2D eigenvalue weighted by molar-refractivity contribution is 7.99. The number of carbonyl (C=O) groups is 2. The lowest BCUT2D eigenvalue weighted by Gasteiger charge is -2.59. The molecule has 3 fully saturated rings. The third-order valence-electron chi connectivity index (χ3n) is 10.3. The number of aliphatic hydroxyl groups is 2. The molecule has 194 valence electrons. The largest absolute Gasteiger partial charge is 0.393 e. The van der Waals surface area contributed by atoms with E-state index in [2.05, 4.69) is 16.9 Å². The van der Waals surface area contributed by atoms with E-state index in [9.17, 15) is 19.8 Å². The molecule has 0 amide bonds. The molecule has 6 nitrogen and oxygen atoms in total. The van der Waals surface area contributed by atoms with Crippen molar-refractivity contribution in [3.8, 4) is 0 Å². The van der Waals surface area contributed by atoms with E-state index >= 15 is 0 Å². The van der Waals surface area contributed by atoms with Crippen LogP contribution in [-0.4, -0.2) is 49.2 Å². The molecule has 0 saturated heterocycles. The molecule has 0 spiro atoms. The number of thioether (sulfide) groups is 1. The van der Waals surface area contributed by atoms with E-state index in [0.717, 1.165) is 35.9 Å². The summed E-state index contributed by atoms with van der Waals surface area (Å²) in [5.74, 6) is -0.00274. The number of benzene rings is 1. The average molecular weight is 519 g/mol. The second-order valence-corrected chi connectivity index (χ2v) is 13.0. The topological polar surface area (TPSA) is 100 Å². The molecule has 2 N–H and O–H groups in total. The highest BCUT2D eigenvalue weighted by atomic mass is 32.2. The standard InChI is InChI=1S/C30H34N2O4S/c1-17-12-21-20-9-8-18-13-19(33)10-11-28(18,2)27(20)24(34)14-29(21,3)30(17,36)25(35)16-37-26-15-31-22-6-4-5-7-23(22)32-26/h4-7,10-11,13,15,17,20-21,24,27,34,36H,8-9,12,14,16H2,1-3H3/t17-,20+,21+,24+,27-,28+,29+,30+/m1/s1. The van der Waals surface area contributed by atoms with Crippen LogP contribution in [0.15, 0.2) is 59.3 Å². The number of hydrogen-bond donors (Lipinski definition) is 2. The van der Waals surface area contributed by atoms with Gasteiger partial charge < -0.3 is 10.2 Å². The maximum Gasteiger partial charge on any atom is 0.178 e. The molecule has 7 heteroatoms. The predicted octanol–water partition coefficient (Wildman–Crippen LogP) is 4.55. The molecule has 0 radical (unpaired) electrons. The number of allylic oxidation sites excluding steroid dienone is 4. The Bertz CT molecular complexity index is 1360. The van der Waals surface area contributed by atoms with Crippen LogP contribution >= 0.6 is 11.8 Å². The molecule has 2 aromatic rings. The van der Waals surface area contributed by atoms with Gasteiger partial charge in [-0.2, -0.15) is 0 Å². The van der Waals surface area contributed by atoms with E-state index in [1.807, 2.05) is 44.2 Å². The van der Waals surface area contributed by atoms with Gasteiger partial charge >= 0.3 is 0 Å². The first kappa shape index (κ1) is 25.0. The lowest BCUT2D eigenvalue weighted by Crippen LogP contribution is -2.62.